The van der Waals surface area contributed by atoms with E-state index in [9.17, 15) is 32.4 Å². The molecule has 0 bridgehead atoms. The molecule has 0 aliphatic heterocycles. The van der Waals surface area contributed by atoms with Crippen LogP contribution in [-0.4, -0.2) is 17.6 Å². The Kier molecular flexibility index (Phi) is 7.13. The number of alkyl halides is 4. The molecule has 1 N–H and O–H groups in total. The zero-order valence-corrected chi connectivity index (χ0v) is 18.4. The Balaban J connectivity index is 1.96. The minimum absolute atomic E-state index is 0.0555. The van der Waals surface area contributed by atoms with Crippen LogP contribution >= 0.6 is 11.6 Å². The molecular formula is C23H13ClF4N4O3. The molecule has 0 radical (unpaired) electrons. The number of benzene rings is 2. The van der Waals surface area contributed by atoms with Crippen LogP contribution in [0.4, 0.5) is 23.2 Å². The molecule has 178 valence electrons. The molecule has 0 saturated carbocycles. The van der Waals surface area contributed by atoms with E-state index in [1.165, 1.54) is 31.4 Å². The molecule has 1 amide bonds. The largest absolute Gasteiger partial charge is 0.495 e. The summed E-state index contributed by atoms with van der Waals surface area (Å²) in [6, 6.07) is 10.7. The van der Waals surface area contributed by atoms with E-state index in [2.05, 4.69) is 0 Å². The number of ether oxygens (including phenoxy) is 1. The number of hydrogen-bond acceptors (Lipinski definition) is 5. The maximum Gasteiger partial charge on any atom is 0.417 e. The summed E-state index contributed by atoms with van der Waals surface area (Å²) in [5.41, 5.74) is -2.71. The van der Waals surface area contributed by atoms with Gasteiger partial charge in [0.15, 0.2) is 0 Å². The number of methoxy groups -OCH3 is 1. The summed E-state index contributed by atoms with van der Waals surface area (Å²) >= 11 is 5.99. The van der Waals surface area contributed by atoms with Crippen molar-refractivity contribution in [2.45, 2.75) is 12.5 Å². The first-order valence-electron chi connectivity index (χ1n) is 9.56. The van der Waals surface area contributed by atoms with Crippen LogP contribution in [0.25, 0.3) is 11.1 Å². The Morgan fingerprint density at radius 3 is 2.37 bits per heavy atom. The summed E-state index contributed by atoms with van der Waals surface area (Å²) in [5.74, 6) is -1.44. The number of nitrogens with one attached hydrogen (secondary N) is 1. The molecule has 0 aliphatic rings. The van der Waals surface area contributed by atoms with Gasteiger partial charge in [-0.1, -0.05) is 11.6 Å². The van der Waals surface area contributed by atoms with Gasteiger partial charge in [0.05, 0.1) is 42.1 Å². The van der Waals surface area contributed by atoms with Gasteiger partial charge in [-0.3, -0.25) is 14.2 Å². The van der Waals surface area contributed by atoms with Crippen LogP contribution in [-0.2, 0) is 11.0 Å². The van der Waals surface area contributed by atoms with Crippen LogP contribution in [0.5, 0.6) is 5.75 Å². The number of amides is 1. The predicted molar refractivity (Wildman–Crippen MR) is 117 cm³/mol. The Bertz CT molecular complexity index is 1460. The second-order valence-corrected chi connectivity index (χ2v) is 7.43. The van der Waals surface area contributed by atoms with Crippen molar-refractivity contribution in [3.8, 4) is 29.0 Å². The van der Waals surface area contributed by atoms with Crippen LogP contribution in [0.1, 0.15) is 23.0 Å². The summed E-state index contributed by atoms with van der Waals surface area (Å²) in [5, 5.41) is 20.6. The molecule has 12 heteroatoms. The number of nitriles is 2. The quantitative estimate of drug-likeness (QED) is 0.489. The van der Waals surface area contributed by atoms with Gasteiger partial charge < -0.3 is 10.1 Å². The fourth-order valence-corrected chi connectivity index (χ4v) is 3.38. The van der Waals surface area contributed by atoms with Gasteiger partial charge in [0.25, 0.3) is 17.8 Å². The normalized spacial score (nSPS) is 11.8. The van der Waals surface area contributed by atoms with Crippen LogP contribution in [0.2, 0.25) is 5.02 Å². The second kappa shape index (κ2) is 9.87. The molecule has 0 aliphatic carbocycles. The summed E-state index contributed by atoms with van der Waals surface area (Å²) < 4.78 is 59.4. The van der Waals surface area contributed by atoms with Gasteiger partial charge in [-0.2, -0.15) is 23.7 Å². The molecule has 3 aromatic rings. The molecule has 0 fully saturated rings. The zero-order valence-electron chi connectivity index (χ0n) is 17.7. The van der Waals surface area contributed by atoms with Gasteiger partial charge in [-0.25, -0.2) is 4.39 Å². The predicted octanol–water partition coefficient (Wildman–Crippen LogP) is 5.05. The first-order chi connectivity index (χ1) is 16.5. The lowest BCUT2D eigenvalue weighted by Gasteiger charge is -2.16. The van der Waals surface area contributed by atoms with Crippen molar-refractivity contribution in [3.05, 3.63) is 80.7 Å². The number of pyridine rings is 1. The lowest BCUT2D eigenvalue weighted by atomic mass is 10.0. The highest BCUT2D eigenvalue weighted by molar-refractivity contribution is 6.31. The van der Waals surface area contributed by atoms with Crippen molar-refractivity contribution in [3.63, 3.8) is 0 Å². The summed E-state index contributed by atoms with van der Waals surface area (Å²) in [6.07, 6.45) is -6.48. The summed E-state index contributed by atoms with van der Waals surface area (Å²) in [6.45, 7) is 0. The van der Waals surface area contributed by atoms with E-state index >= 15 is 0 Å². The van der Waals surface area contributed by atoms with E-state index in [4.69, 9.17) is 21.6 Å². The molecule has 0 spiro atoms. The van der Waals surface area contributed by atoms with E-state index in [0.717, 1.165) is 24.4 Å². The number of hydrogen-bond donors (Lipinski definition) is 1. The number of halogens is 5. The van der Waals surface area contributed by atoms with Gasteiger partial charge >= 0.3 is 6.18 Å². The summed E-state index contributed by atoms with van der Waals surface area (Å²) in [4.78, 5) is 25.0. The van der Waals surface area contributed by atoms with Crippen molar-refractivity contribution in [1.82, 2.24) is 4.57 Å². The van der Waals surface area contributed by atoms with E-state index < -0.39 is 35.1 Å². The van der Waals surface area contributed by atoms with Crippen molar-refractivity contribution >= 4 is 23.2 Å². The molecule has 7 nitrogen and oxygen atoms in total. The highest BCUT2D eigenvalue weighted by Crippen LogP contribution is 2.34. The second-order valence-electron chi connectivity index (χ2n) is 7.00. The van der Waals surface area contributed by atoms with Gasteiger partial charge in [0.1, 0.15) is 5.75 Å². The topological polar surface area (TPSA) is 108 Å². The smallest absolute Gasteiger partial charge is 0.417 e. The number of aromatic nitrogens is 1. The van der Waals surface area contributed by atoms with E-state index in [0.29, 0.717) is 10.6 Å². The van der Waals surface area contributed by atoms with E-state index in [1.807, 2.05) is 11.4 Å². The van der Waals surface area contributed by atoms with Crippen LogP contribution in [0.3, 0.4) is 0 Å². The average molecular weight is 505 g/mol. The average Bonchev–Trinajstić information content (AvgIpc) is 2.82. The maximum absolute atomic E-state index is 15.0. The number of rotatable bonds is 5. The molecule has 1 atom stereocenters. The molecule has 0 saturated heterocycles. The van der Waals surface area contributed by atoms with Gasteiger partial charge in [-0.05, 0) is 36.4 Å². The van der Waals surface area contributed by atoms with Crippen molar-refractivity contribution in [1.29, 1.82) is 10.5 Å². The van der Waals surface area contributed by atoms with E-state index in [1.54, 1.807) is 0 Å². The SMILES string of the molecule is COc1cn(C(F)C(=O)Nc2ccc(C(F)(F)F)c(C#N)c2)c(=O)cc1-c1cc(Cl)ccc1C#N. The molecule has 1 unspecified atom stereocenters. The fourth-order valence-electron chi connectivity index (χ4n) is 3.21. The first kappa shape index (κ1) is 25.3. The minimum atomic E-state index is -4.80. The Hall–Kier alpha value is -4.35. The third-order valence-corrected chi connectivity index (χ3v) is 5.06. The number of carbonyl (C=O) groups is 1. The molecule has 1 aromatic heterocycles. The highest BCUT2D eigenvalue weighted by Gasteiger charge is 2.34. The lowest BCUT2D eigenvalue weighted by molar-refractivity contribution is -0.137. The van der Waals surface area contributed by atoms with E-state index in [-0.39, 0.29) is 33.1 Å². The molecule has 35 heavy (non-hydrogen) atoms. The first-order valence-corrected chi connectivity index (χ1v) is 9.94. The minimum Gasteiger partial charge on any atom is -0.495 e. The lowest BCUT2D eigenvalue weighted by Crippen LogP contribution is -2.30. The monoisotopic (exact) mass is 504 g/mol. The van der Waals surface area contributed by atoms with Gasteiger partial charge in [0, 0.05) is 27.9 Å². The van der Waals surface area contributed by atoms with Crippen molar-refractivity contribution in [2.24, 2.45) is 0 Å². The third-order valence-electron chi connectivity index (χ3n) is 4.83. The van der Waals surface area contributed by atoms with Crippen LogP contribution < -0.4 is 15.6 Å². The molecule has 3 rings (SSSR count). The highest BCUT2D eigenvalue weighted by atomic mass is 35.5. The molecule has 1 heterocycles. The Labute approximate surface area is 200 Å². The molecule has 2 aromatic carbocycles. The van der Waals surface area contributed by atoms with Gasteiger partial charge in [0.2, 0.25) is 0 Å². The van der Waals surface area contributed by atoms with Gasteiger partial charge in [-0.15, -0.1) is 0 Å². The van der Waals surface area contributed by atoms with Crippen molar-refractivity contribution in [2.75, 3.05) is 12.4 Å². The standard InChI is InChI=1S/C23H13ClF4N4O3/c1-35-19-11-32(20(33)8-17(19)16-7-14(24)3-2-12(16)9-29)21(25)22(34)31-15-4-5-18(23(26,27)28)13(6-15)10-30/h2-8,11,21H,1H3,(H,31,34). The number of anilines is 1. The van der Waals surface area contributed by atoms with Crippen molar-refractivity contribution < 1.29 is 27.1 Å². The Morgan fingerprint density at radius 1 is 1.09 bits per heavy atom. The van der Waals surface area contributed by atoms with Crippen LogP contribution in [0, 0.1) is 22.7 Å². The zero-order chi connectivity index (χ0) is 25.9. The number of carbonyl (C=O) groups excluding carboxylic acids is 1. The van der Waals surface area contributed by atoms with Crippen LogP contribution in [0.15, 0.2) is 53.5 Å². The number of nitrogens with zero attached hydrogens (tertiary/aromatic N) is 3. The molecular weight excluding hydrogens is 492 g/mol. The fraction of sp³-hybridized carbons (Fsp3) is 0.130. The summed E-state index contributed by atoms with van der Waals surface area (Å²) in [7, 11) is 1.23. The maximum atomic E-state index is 15.0. The third kappa shape index (κ3) is 5.26. The Morgan fingerprint density at radius 2 is 1.77 bits per heavy atom.